The van der Waals surface area contributed by atoms with Crippen molar-refractivity contribution in [2.75, 3.05) is 83.0 Å². The first-order valence-electron chi connectivity index (χ1n) is 8.64. The van der Waals surface area contributed by atoms with Crippen LogP contribution >= 0.6 is 0 Å². The highest BCUT2D eigenvalue weighted by atomic mass is 16.5. The fraction of sp³-hybridized carbons (Fsp3) is 0.875. The number of nitrogens with zero attached hydrogens (tertiary/aromatic N) is 5. The molecule has 1 N–H and O–H groups in total. The predicted molar refractivity (Wildman–Crippen MR) is 103 cm³/mol. The molecule has 0 aromatic rings. The largest absolute Gasteiger partial charge is 0.369 e. The monoisotopic (exact) mass is 406 g/mol. The average molecular weight is 406 g/mol. The molecule has 0 aromatic heterocycles. The maximum absolute atomic E-state index is 5.32. The van der Waals surface area contributed by atoms with E-state index in [2.05, 4.69) is 5.32 Å². The summed E-state index contributed by atoms with van der Waals surface area (Å²) in [6.45, 7) is 3.47. The van der Waals surface area contributed by atoms with Gasteiger partial charge in [-0.05, 0) is 6.92 Å². The standard InChI is InChI=1S/C16H34N6O6/c1-16(22(12-27-6)13-28-7)18-14(20(8-23-2)9-24-3)17-15(19-16)21(10-25-4)11-26-5/h8-13H2,1-7H3,(H,17,18,19). The summed E-state index contributed by atoms with van der Waals surface area (Å²) in [7, 11) is 9.61. The zero-order valence-corrected chi connectivity index (χ0v) is 17.9. The Morgan fingerprint density at radius 1 is 0.643 bits per heavy atom. The Morgan fingerprint density at radius 2 is 0.964 bits per heavy atom. The Morgan fingerprint density at radius 3 is 1.25 bits per heavy atom. The molecule has 1 aliphatic heterocycles. The third-order valence-electron chi connectivity index (χ3n) is 3.77. The first kappa shape index (κ1) is 24.5. The van der Waals surface area contributed by atoms with Gasteiger partial charge in [-0.1, -0.05) is 0 Å². The lowest BCUT2D eigenvalue weighted by molar-refractivity contribution is -0.0709. The Hall–Kier alpha value is -1.54. The quantitative estimate of drug-likeness (QED) is 0.403. The molecule has 1 heterocycles. The summed E-state index contributed by atoms with van der Waals surface area (Å²) in [6.07, 6.45) is 0. The third-order valence-corrected chi connectivity index (χ3v) is 3.77. The van der Waals surface area contributed by atoms with Gasteiger partial charge in [0, 0.05) is 42.7 Å². The van der Waals surface area contributed by atoms with Crippen LogP contribution in [0.15, 0.2) is 9.98 Å². The van der Waals surface area contributed by atoms with Gasteiger partial charge in [0.25, 0.3) is 0 Å². The van der Waals surface area contributed by atoms with Gasteiger partial charge >= 0.3 is 0 Å². The zero-order valence-electron chi connectivity index (χ0n) is 17.9. The zero-order chi connectivity index (χ0) is 21.0. The molecular formula is C16H34N6O6. The van der Waals surface area contributed by atoms with Crippen molar-refractivity contribution in [1.29, 1.82) is 0 Å². The number of ether oxygens (including phenoxy) is 6. The molecule has 12 heteroatoms. The average Bonchev–Trinajstić information content (AvgIpc) is 2.67. The van der Waals surface area contributed by atoms with E-state index in [0.717, 1.165) is 0 Å². The van der Waals surface area contributed by atoms with Gasteiger partial charge in [-0.2, -0.15) is 0 Å². The van der Waals surface area contributed by atoms with Gasteiger partial charge in [-0.25, -0.2) is 14.9 Å². The molecule has 1 aliphatic rings. The number of methoxy groups -OCH3 is 6. The second-order valence-electron chi connectivity index (χ2n) is 6.09. The molecule has 0 aliphatic carbocycles. The predicted octanol–water partition coefficient (Wildman–Crippen LogP) is -0.495. The Labute approximate surface area is 167 Å². The van der Waals surface area contributed by atoms with Gasteiger partial charge in [0.05, 0.1) is 0 Å². The molecule has 0 unspecified atom stereocenters. The van der Waals surface area contributed by atoms with E-state index >= 15 is 0 Å². The number of hydrogen-bond donors (Lipinski definition) is 1. The summed E-state index contributed by atoms with van der Waals surface area (Å²) in [5.74, 6) is 0.0257. The molecule has 0 saturated heterocycles. The number of hydrogen-bond acceptors (Lipinski definition) is 12. The molecule has 0 amide bonds. The fourth-order valence-electron chi connectivity index (χ4n) is 2.56. The maximum atomic E-state index is 5.32. The second kappa shape index (κ2) is 12.8. The van der Waals surface area contributed by atoms with Crippen molar-refractivity contribution in [2.24, 2.45) is 9.98 Å². The first-order valence-corrected chi connectivity index (χ1v) is 8.64. The van der Waals surface area contributed by atoms with Gasteiger partial charge in [-0.3, -0.25) is 15.1 Å². The van der Waals surface area contributed by atoms with Crippen molar-refractivity contribution < 1.29 is 28.4 Å². The van der Waals surface area contributed by atoms with Gasteiger partial charge in [0.1, 0.15) is 40.4 Å². The normalized spacial score (nSPS) is 15.9. The van der Waals surface area contributed by atoms with Crippen molar-refractivity contribution in [3.8, 4) is 0 Å². The summed E-state index contributed by atoms with van der Waals surface area (Å²) < 4.78 is 31.8. The van der Waals surface area contributed by atoms with E-state index in [-0.39, 0.29) is 40.4 Å². The molecule has 12 nitrogen and oxygen atoms in total. The van der Waals surface area contributed by atoms with Crippen LogP contribution in [0.4, 0.5) is 0 Å². The summed E-state index contributed by atoms with van der Waals surface area (Å²) in [5.41, 5.74) is 0. The SMILES string of the molecule is COCN(COC)C1=NC(C)(N(COC)COC)N=C(N(COC)COC)N1. The van der Waals surface area contributed by atoms with Crippen molar-refractivity contribution in [3.05, 3.63) is 0 Å². The lowest BCUT2D eigenvalue weighted by Crippen LogP contribution is -2.59. The van der Waals surface area contributed by atoms with Crippen LogP contribution in [-0.4, -0.2) is 115 Å². The first-order chi connectivity index (χ1) is 13.5. The second-order valence-corrected chi connectivity index (χ2v) is 6.09. The van der Waals surface area contributed by atoms with Crippen molar-refractivity contribution >= 4 is 11.9 Å². The molecule has 28 heavy (non-hydrogen) atoms. The van der Waals surface area contributed by atoms with E-state index in [9.17, 15) is 0 Å². The van der Waals surface area contributed by atoms with Crippen LogP contribution in [0.2, 0.25) is 0 Å². The minimum absolute atomic E-state index is 0.265. The summed E-state index contributed by atoms with van der Waals surface area (Å²) in [4.78, 5) is 15.0. The molecule has 0 bridgehead atoms. The lowest BCUT2D eigenvalue weighted by atomic mass is 10.3. The van der Waals surface area contributed by atoms with E-state index in [0.29, 0.717) is 11.9 Å². The lowest BCUT2D eigenvalue weighted by Gasteiger charge is -2.40. The Balaban J connectivity index is 3.35. The van der Waals surface area contributed by atoms with E-state index in [4.69, 9.17) is 38.4 Å². The summed E-state index contributed by atoms with van der Waals surface area (Å²) >= 11 is 0. The van der Waals surface area contributed by atoms with E-state index in [1.165, 1.54) is 0 Å². The molecule has 0 saturated carbocycles. The molecule has 1 rings (SSSR count). The number of nitrogens with one attached hydrogen (secondary N) is 1. The van der Waals surface area contributed by atoms with Crippen LogP contribution in [0.1, 0.15) is 6.92 Å². The molecule has 0 atom stereocenters. The molecular weight excluding hydrogens is 372 g/mol. The minimum Gasteiger partial charge on any atom is -0.369 e. The van der Waals surface area contributed by atoms with Gasteiger partial charge in [0.2, 0.25) is 17.7 Å². The number of rotatable bonds is 13. The third kappa shape index (κ3) is 6.81. The summed E-state index contributed by atoms with van der Waals surface area (Å²) in [5, 5.41) is 3.21. The molecule has 0 aromatic carbocycles. The number of guanidine groups is 2. The van der Waals surface area contributed by atoms with Crippen LogP contribution in [0, 0.1) is 0 Å². The van der Waals surface area contributed by atoms with Crippen LogP contribution < -0.4 is 5.32 Å². The highest BCUT2D eigenvalue weighted by Gasteiger charge is 2.37. The topological polar surface area (TPSA) is 102 Å². The fourth-order valence-corrected chi connectivity index (χ4v) is 2.56. The minimum atomic E-state index is -1.01. The van der Waals surface area contributed by atoms with Crippen LogP contribution in [0.5, 0.6) is 0 Å². The Kier molecular flexibility index (Phi) is 11.2. The molecule has 0 radical (unpaired) electrons. The van der Waals surface area contributed by atoms with Crippen molar-refractivity contribution in [3.63, 3.8) is 0 Å². The maximum Gasteiger partial charge on any atom is 0.215 e. The van der Waals surface area contributed by atoms with E-state index in [1.807, 2.05) is 11.8 Å². The molecule has 0 spiro atoms. The van der Waals surface area contributed by atoms with E-state index < -0.39 is 5.79 Å². The van der Waals surface area contributed by atoms with Crippen LogP contribution in [-0.2, 0) is 28.4 Å². The van der Waals surface area contributed by atoms with Gasteiger partial charge in [0.15, 0.2) is 0 Å². The highest BCUT2D eigenvalue weighted by molar-refractivity contribution is 6.00. The van der Waals surface area contributed by atoms with Gasteiger partial charge < -0.3 is 28.4 Å². The van der Waals surface area contributed by atoms with Crippen LogP contribution in [0.3, 0.4) is 0 Å². The number of aliphatic imine (C=N–C) groups is 2. The van der Waals surface area contributed by atoms with Gasteiger partial charge in [-0.15, -0.1) is 0 Å². The highest BCUT2D eigenvalue weighted by Crippen LogP contribution is 2.23. The van der Waals surface area contributed by atoms with Crippen molar-refractivity contribution in [2.45, 2.75) is 12.7 Å². The van der Waals surface area contributed by atoms with Crippen LogP contribution in [0.25, 0.3) is 0 Å². The summed E-state index contributed by atoms with van der Waals surface area (Å²) in [6, 6.07) is 0. The Bertz CT molecular complexity index is 456. The molecule has 0 fully saturated rings. The molecule has 164 valence electrons. The van der Waals surface area contributed by atoms with E-state index in [1.54, 1.807) is 52.5 Å². The smallest absolute Gasteiger partial charge is 0.215 e. The van der Waals surface area contributed by atoms with Crippen molar-refractivity contribution in [1.82, 2.24) is 20.0 Å².